The minimum Gasteiger partial charge on any atom is -0.310 e. The van der Waals surface area contributed by atoms with Crippen molar-refractivity contribution in [3.05, 3.63) is 48.0 Å². The van der Waals surface area contributed by atoms with Gasteiger partial charge in [-0.2, -0.15) is 0 Å². The number of hydrogen-bond donors (Lipinski definition) is 0. The van der Waals surface area contributed by atoms with Gasteiger partial charge in [-0.05, 0) is 44.4 Å². The molecule has 0 N–H and O–H groups in total. The summed E-state index contributed by atoms with van der Waals surface area (Å²) in [5.74, 6) is 6.58. The lowest BCUT2D eigenvalue weighted by Gasteiger charge is -2.35. The lowest BCUT2D eigenvalue weighted by molar-refractivity contribution is -0.913. The monoisotopic (exact) mass is 242 g/mol. The molecule has 1 aromatic rings. The SMILES string of the molecule is C=C(C)C[N+](CC)(CC)CC#Cc1ccccc1. The average molecular weight is 242 g/mol. The van der Waals surface area contributed by atoms with Crippen LogP contribution in [0.3, 0.4) is 0 Å². The van der Waals surface area contributed by atoms with Crippen LogP contribution in [0, 0.1) is 11.8 Å². The highest BCUT2D eigenvalue weighted by molar-refractivity contribution is 5.33. The molecule has 1 nitrogen and oxygen atoms in total. The predicted octanol–water partition coefficient (Wildman–Crippen LogP) is 3.47. The summed E-state index contributed by atoms with van der Waals surface area (Å²) in [7, 11) is 0. The molecule has 0 radical (unpaired) electrons. The highest BCUT2D eigenvalue weighted by Gasteiger charge is 2.21. The molecule has 0 spiro atoms. The Labute approximate surface area is 112 Å². The average Bonchev–Trinajstić information content (AvgIpc) is 2.38. The zero-order valence-electron chi connectivity index (χ0n) is 11.9. The maximum absolute atomic E-state index is 4.04. The van der Waals surface area contributed by atoms with E-state index in [1.54, 1.807) is 0 Å². The van der Waals surface area contributed by atoms with Gasteiger partial charge in [0.15, 0.2) is 0 Å². The topological polar surface area (TPSA) is 0 Å². The van der Waals surface area contributed by atoms with Crippen molar-refractivity contribution in [3.8, 4) is 11.8 Å². The number of rotatable bonds is 5. The highest BCUT2D eigenvalue weighted by atomic mass is 15.3. The summed E-state index contributed by atoms with van der Waals surface area (Å²) in [4.78, 5) is 0. The molecule has 0 aliphatic carbocycles. The largest absolute Gasteiger partial charge is 0.310 e. The van der Waals surface area contributed by atoms with Crippen LogP contribution < -0.4 is 0 Å². The van der Waals surface area contributed by atoms with E-state index in [1.807, 2.05) is 18.2 Å². The second-order valence-electron chi connectivity index (χ2n) is 4.92. The van der Waals surface area contributed by atoms with Crippen molar-refractivity contribution >= 4 is 0 Å². The van der Waals surface area contributed by atoms with Crippen LogP contribution in [0.2, 0.25) is 0 Å². The molecule has 0 saturated heterocycles. The summed E-state index contributed by atoms with van der Waals surface area (Å²) in [6, 6.07) is 10.2. The van der Waals surface area contributed by atoms with Crippen molar-refractivity contribution in [1.29, 1.82) is 0 Å². The third kappa shape index (κ3) is 4.39. The number of quaternary nitrogens is 1. The minimum absolute atomic E-state index is 0.898. The molecule has 0 atom stereocenters. The summed E-state index contributed by atoms with van der Waals surface area (Å²) in [6.45, 7) is 14.7. The standard InChI is InChI=1S/C17H24N/c1-5-18(6-2,15-16(3)4)14-10-13-17-11-8-7-9-12-17/h7-9,11-12H,3,5-6,14-15H2,1-2,4H3/q+1. The number of nitrogens with zero attached hydrogens (tertiary/aromatic N) is 1. The van der Waals surface area contributed by atoms with Gasteiger partial charge in [-0.25, -0.2) is 0 Å². The molecule has 0 fully saturated rings. The quantitative estimate of drug-likeness (QED) is 0.421. The number of likely N-dealkylation sites (N-methyl/N-ethyl adjacent to an activating group) is 1. The van der Waals surface area contributed by atoms with Gasteiger partial charge in [-0.3, -0.25) is 0 Å². The van der Waals surface area contributed by atoms with Gasteiger partial charge >= 0.3 is 0 Å². The van der Waals surface area contributed by atoms with Crippen LogP contribution in [0.25, 0.3) is 0 Å². The fourth-order valence-corrected chi connectivity index (χ4v) is 2.13. The van der Waals surface area contributed by atoms with Crippen molar-refractivity contribution in [2.75, 3.05) is 26.2 Å². The van der Waals surface area contributed by atoms with Crippen molar-refractivity contribution in [1.82, 2.24) is 0 Å². The van der Waals surface area contributed by atoms with Crippen molar-refractivity contribution in [2.24, 2.45) is 0 Å². The molecule has 1 rings (SSSR count). The normalized spacial score (nSPS) is 10.6. The van der Waals surface area contributed by atoms with Crippen LogP contribution in [0.4, 0.5) is 0 Å². The van der Waals surface area contributed by atoms with E-state index in [4.69, 9.17) is 0 Å². The third-order valence-electron chi connectivity index (χ3n) is 3.37. The van der Waals surface area contributed by atoms with Crippen LogP contribution in [0.15, 0.2) is 42.5 Å². The fraction of sp³-hybridized carbons (Fsp3) is 0.412. The van der Waals surface area contributed by atoms with Crippen LogP contribution >= 0.6 is 0 Å². The van der Waals surface area contributed by atoms with Gasteiger partial charge in [-0.1, -0.05) is 30.7 Å². The Kier molecular flexibility index (Phi) is 5.68. The van der Waals surface area contributed by atoms with Crippen LogP contribution in [-0.4, -0.2) is 30.7 Å². The zero-order valence-corrected chi connectivity index (χ0v) is 11.9. The first-order chi connectivity index (χ1) is 8.62. The van der Waals surface area contributed by atoms with E-state index >= 15 is 0 Å². The van der Waals surface area contributed by atoms with E-state index in [1.165, 1.54) is 5.57 Å². The van der Waals surface area contributed by atoms with Crippen LogP contribution in [-0.2, 0) is 0 Å². The second kappa shape index (κ2) is 7.03. The van der Waals surface area contributed by atoms with Crippen molar-refractivity contribution in [3.63, 3.8) is 0 Å². The molecule has 0 bridgehead atoms. The molecular formula is C17H24N+. The Morgan fingerprint density at radius 3 is 2.28 bits per heavy atom. The van der Waals surface area contributed by atoms with E-state index in [0.717, 1.165) is 36.2 Å². The number of benzene rings is 1. The summed E-state index contributed by atoms with van der Waals surface area (Å²) >= 11 is 0. The first kappa shape index (κ1) is 14.5. The van der Waals surface area contributed by atoms with E-state index in [0.29, 0.717) is 0 Å². The molecule has 18 heavy (non-hydrogen) atoms. The summed E-state index contributed by atoms with van der Waals surface area (Å²) < 4.78 is 1.01. The molecule has 1 heteroatoms. The van der Waals surface area contributed by atoms with Crippen molar-refractivity contribution in [2.45, 2.75) is 20.8 Å². The Bertz CT molecular complexity index is 430. The Morgan fingerprint density at radius 1 is 1.17 bits per heavy atom. The van der Waals surface area contributed by atoms with Crippen LogP contribution in [0.5, 0.6) is 0 Å². The molecule has 0 unspecified atom stereocenters. The Hall–Kier alpha value is -1.52. The van der Waals surface area contributed by atoms with E-state index in [9.17, 15) is 0 Å². The maximum Gasteiger partial charge on any atom is 0.141 e. The van der Waals surface area contributed by atoms with Gasteiger partial charge in [0.1, 0.15) is 13.1 Å². The molecule has 0 amide bonds. The van der Waals surface area contributed by atoms with Gasteiger partial charge in [0.25, 0.3) is 0 Å². The lowest BCUT2D eigenvalue weighted by Crippen LogP contribution is -2.48. The summed E-state index contributed by atoms with van der Waals surface area (Å²) in [5.41, 5.74) is 2.33. The molecule has 96 valence electrons. The maximum atomic E-state index is 4.04. The first-order valence-corrected chi connectivity index (χ1v) is 6.65. The van der Waals surface area contributed by atoms with Gasteiger partial charge in [0.2, 0.25) is 0 Å². The Morgan fingerprint density at radius 2 is 1.78 bits per heavy atom. The highest BCUT2D eigenvalue weighted by Crippen LogP contribution is 2.09. The molecule has 0 aliphatic heterocycles. The molecule has 0 saturated carbocycles. The zero-order chi connectivity index (χ0) is 13.4. The molecular weight excluding hydrogens is 218 g/mol. The predicted molar refractivity (Wildman–Crippen MR) is 79.2 cm³/mol. The smallest absolute Gasteiger partial charge is 0.141 e. The molecule has 1 aromatic carbocycles. The fourth-order valence-electron chi connectivity index (χ4n) is 2.13. The summed E-state index contributed by atoms with van der Waals surface area (Å²) in [5, 5.41) is 0. The third-order valence-corrected chi connectivity index (χ3v) is 3.37. The molecule has 0 aliphatic rings. The van der Waals surface area contributed by atoms with Gasteiger partial charge in [-0.15, -0.1) is 0 Å². The van der Waals surface area contributed by atoms with Gasteiger partial charge in [0, 0.05) is 5.56 Å². The lowest BCUT2D eigenvalue weighted by atomic mass is 10.2. The van der Waals surface area contributed by atoms with E-state index < -0.39 is 0 Å². The minimum atomic E-state index is 0.898. The summed E-state index contributed by atoms with van der Waals surface area (Å²) in [6.07, 6.45) is 0. The number of hydrogen-bond acceptors (Lipinski definition) is 0. The van der Waals surface area contributed by atoms with Gasteiger partial charge < -0.3 is 4.48 Å². The molecule has 0 aromatic heterocycles. The second-order valence-corrected chi connectivity index (χ2v) is 4.92. The van der Waals surface area contributed by atoms with E-state index in [-0.39, 0.29) is 0 Å². The van der Waals surface area contributed by atoms with Crippen LogP contribution in [0.1, 0.15) is 26.3 Å². The van der Waals surface area contributed by atoms with Gasteiger partial charge in [0.05, 0.1) is 13.1 Å². The first-order valence-electron chi connectivity index (χ1n) is 6.65. The van der Waals surface area contributed by atoms with E-state index in [2.05, 4.69) is 51.3 Å². The molecule has 0 heterocycles. The Balaban J connectivity index is 2.74. The van der Waals surface area contributed by atoms with Crippen molar-refractivity contribution < 1.29 is 4.48 Å².